The summed E-state index contributed by atoms with van der Waals surface area (Å²) in [7, 11) is -3.89. The zero-order valence-electron chi connectivity index (χ0n) is 20.9. The van der Waals surface area contributed by atoms with Crippen LogP contribution in [0.5, 0.6) is 0 Å². The third-order valence-electron chi connectivity index (χ3n) is 7.83. The van der Waals surface area contributed by atoms with Gasteiger partial charge in [-0.1, -0.05) is 48.9 Å². The summed E-state index contributed by atoms with van der Waals surface area (Å²) in [6.07, 6.45) is 5.80. The minimum Gasteiger partial charge on any atom is -0.301 e. The van der Waals surface area contributed by atoms with E-state index >= 15 is 0 Å². The Morgan fingerprint density at radius 1 is 1.11 bits per heavy atom. The minimum absolute atomic E-state index is 0.0108. The van der Waals surface area contributed by atoms with Crippen molar-refractivity contribution in [2.24, 2.45) is 11.8 Å². The van der Waals surface area contributed by atoms with Gasteiger partial charge >= 0.3 is 0 Å². The van der Waals surface area contributed by atoms with E-state index < -0.39 is 10.0 Å². The molecule has 0 amide bonds. The zero-order valence-corrected chi connectivity index (χ0v) is 21.7. The molecule has 0 unspecified atom stereocenters. The molecule has 0 bridgehead atoms. The Bertz CT molecular complexity index is 1660. The molecule has 0 saturated carbocycles. The van der Waals surface area contributed by atoms with E-state index in [1.165, 1.54) is 27.6 Å². The Labute approximate surface area is 222 Å². The summed E-state index contributed by atoms with van der Waals surface area (Å²) in [5.74, 6) is -0.188. The van der Waals surface area contributed by atoms with Gasteiger partial charge in [-0.25, -0.2) is 12.8 Å². The number of allylic oxidation sites excluding steroid dienone is 3. The Kier molecular flexibility index (Phi) is 6.05. The van der Waals surface area contributed by atoms with Crippen LogP contribution in [-0.2, 0) is 10.0 Å². The van der Waals surface area contributed by atoms with Gasteiger partial charge in [0.05, 0.1) is 22.3 Å². The van der Waals surface area contributed by atoms with Crippen LogP contribution in [0.2, 0.25) is 0 Å². The molecular formula is C30H27FN4O2S. The van der Waals surface area contributed by atoms with E-state index in [2.05, 4.69) is 24.5 Å². The summed E-state index contributed by atoms with van der Waals surface area (Å²) in [6, 6.07) is 21.1. The van der Waals surface area contributed by atoms with Gasteiger partial charge in [-0.15, -0.1) is 0 Å². The molecule has 8 heteroatoms. The number of nitriles is 1. The first-order chi connectivity index (χ1) is 18.4. The van der Waals surface area contributed by atoms with Crippen LogP contribution in [0.25, 0.3) is 10.8 Å². The fourth-order valence-corrected chi connectivity index (χ4v) is 7.63. The highest BCUT2D eigenvalue weighted by molar-refractivity contribution is 7.89. The Morgan fingerprint density at radius 3 is 2.66 bits per heavy atom. The van der Waals surface area contributed by atoms with Crippen molar-refractivity contribution in [3.63, 3.8) is 0 Å². The van der Waals surface area contributed by atoms with Crippen molar-refractivity contribution in [2.75, 3.05) is 18.1 Å². The van der Waals surface area contributed by atoms with Crippen LogP contribution in [0.15, 0.2) is 106 Å². The second-order valence-electron chi connectivity index (χ2n) is 9.94. The number of hydrogen-bond acceptors (Lipinski definition) is 5. The highest BCUT2D eigenvalue weighted by atomic mass is 32.2. The molecule has 2 aliphatic carbocycles. The van der Waals surface area contributed by atoms with E-state index in [9.17, 15) is 18.1 Å². The zero-order chi connectivity index (χ0) is 26.4. The first kappa shape index (κ1) is 24.4. The lowest BCUT2D eigenvalue weighted by molar-refractivity contribution is 0.381. The molecule has 2 atom stereocenters. The first-order valence-electron chi connectivity index (χ1n) is 12.7. The second-order valence-corrected chi connectivity index (χ2v) is 11.8. The summed E-state index contributed by atoms with van der Waals surface area (Å²) in [6.45, 7) is 2.20. The predicted octanol–water partition coefficient (Wildman–Crippen LogP) is 5.64. The fourth-order valence-electron chi connectivity index (χ4n) is 6.04. The maximum atomic E-state index is 13.9. The lowest BCUT2D eigenvalue weighted by Crippen LogP contribution is -2.37. The van der Waals surface area contributed by atoms with Crippen molar-refractivity contribution < 1.29 is 12.8 Å². The van der Waals surface area contributed by atoms with E-state index in [0.717, 1.165) is 35.2 Å². The van der Waals surface area contributed by atoms with Crippen molar-refractivity contribution in [1.29, 1.82) is 5.26 Å². The second kappa shape index (κ2) is 9.43. The molecule has 3 aromatic rings. The van der Waals surface area contributed by atoms with Crippen LogP contribution in [0.1, 0.15) is 19.8 Å². The number of sulfonamides is 1. The van der Waals surface area contributed by atoms with Gasteiger partial charge < -0.3 is 5.43 Å². The lowest BCUT2D eigenvalue weighted by Gasteiger charge is -2.31. The van der Waals surface area contributed by atoms with E-state index in [1.807, 2.05) is 41.5 Å². The van der Waals surface area contributed by atoms with Crippen LogP contribution in [0.4, 0.5) is 10.1 Å². The molecule has 1 N–H and O–H groups in total. The largest absolute Gasteiger partial charge is 0.301 e. The Morgan fingerprint density at radius 2 is 1.87 bits per heavy atom. The normalized spacial score (nSPS) is 20.6. The highest BCUT2D eigenvalue weighted by Crippen LogP contribution is 2.48. The number of hydrazine groups is 1. The fraction of sp³-hybridized carbons (Fsp3) is 0.233. The monoisotopic (exact) mass is 526 g/mol. The molecule has 3 aliphatic rings. The van der Waals surface area contributed by atoms with Gasteiger partial charge in [-0.05, 0) is 66.1 Å². The number of rotatable bonds is 6. The smallest absolute Gasteiger partial charge is 0.244 e. The summed E-state index contributed by atoms with van der Waals surface area (Å²) < 4.78 is 42.5. The van der Waals surface area contributed by atoms with Crippen molar-refractivity contribution in [1.82, 2.24) is 9.73 Å². The van der Waals surface area contributed by atoms with Crippen molar-refractivity contribution in [2.45, 2.75) is 24.7 Å². The molecule has 1 heterocycles. The quantitative estimate of drug-likeness (QED) is 0.421. The number of nitrogens with zero attached hydrogens (tertiary/aromatic N) is 3. The van der Waals surface area contributed by atoms with Gasteiger partial charge in [0.25, 0.3) is 0 Å². The lowest BCUT2D eigenvalue weighted by atomic mass is 9.80. The van der Waals surface area contributed by atoms with E-state index in [4.69, 9.17) is 0 Å². The van der Waals surface area contributed by atoms with Gasteiger partial charge in [0, 0.05) is 29.6 Å². The maximum absolute atomic E-state index is 13.9. The molecule has 3 aromatic carbocycles. The van der Waals surface area contributed by atoms with Crippen LogP contribution in [0, 0.1) is 29.0 Å². The summed E-state index contributed by atoms with van der Waals surface area (Å²) in [5.41, 5.74) is 8.73. The van der Waals surface area contributed by atoms with Crippen molar-refractivity contribution in [3.05, 3.63) is 107 Å². The minimum atomic E-state index is -3.89. The summed E-state index contributed by atoms with van der Waals surface area (Å²) >= 11 is 0. The van der Waals surface area contributed by atoms with Crippen molar-refractivity contribution >= 4 is 26.5 Å². The summed E-state index contributed by atoms with van der Waals surface area (Å²) in [4.78, 5) is 0.231. The van der Waals surface area contributed by atoms with Gasteiger partial charge in [0.1, 0.15) is 12.4 Å². The molecule has 192 valence electrons. The maximum Gasteiger partial charge on any atom is 0.244 e. The standard InChI is InChI=1S/C30H27FN4O2S/c1-20-27-18-33-35(25-13-11-24(31)12-14-25)28(27)17-22-9-10-23(30(20)22)19-34(16-15-32)38(36,37)29-8-4-6-21-5-2-3-7-26(21)29/h2-8,11-14,17-18,20,23,33H,9-10,16,19H2,1H3/t20-,23+/m0/s1. The molecule has 0 aromatic heterocycles. The van der Waals surface area contributed by atoms with Crippen LogP contribution in [-0.4, -0.2) is 25.8 Å². The van der Waals surface area contributed by atoms with Crippen LogP contribution in [0.3, 0.4) is 0 Å². The van der Waals surface area contributed by atoms with Gasteiger partial charge in [-0.3, -0.25) is 5.01 Å². The molecule has 0 radical (unpaired) electrons. The SMILES string of the molecule is C[C@H]1C2=CNN(c3ccc(F)cc3)C2=CC2=C1[C@@H](CN(CC#N)S(=O)(=O)c1cccc3ccccc13)CC2. The molecule has 6 rings (SSSR count). The van der Waals surface area contributed by atoms with Crippen LogP contribution >= 0.6 is 0 Å². The first-order valence-corrected chi connectivity index (χ1v) is 14.1. The average Bonchev–Trinajstić information content (AvgIpc) is 3.53. The number of hydrogen-bond donors (Lipinski definition) is 1. The van der Waals surface area contributed by atoms with Gasteiger partial charge in [-0.2, -0.15) is 9.57 Å². The predicted molar refractivity (Wildman–Crippen MR) is 145 cm³/mol. The Balaban J connectivity index is 1.32. The number of benzene rings is 3. The highest BCUT2D eigenvalue weighted by Gasteiger charge is 2.40. The molecule has 38 heavy (non-hydrogen) atoms. The molecule has 0 fully saturated rings. The van der Waals surface area contributed by atoms with E-state index in [1.54, 1.807) is 24.3 Å². The molecule has 0 saturated heterocycles. The molecule has 1 aliphatic heterocycles. The molecule has 6 nitrogen and oxygen atoms in total. The summed E-state index contributed by atoms with van der Waals surface area (Å²) in [5, 5.41) is 13.0. The van der Waals surface area contributed by atoms with Gasteiger partial charge in [0.2, 0.25) is 10.0 Å². The number of anilines is 1. The van der Waals surface area contributed by atoms with E-state index in [-0.39, 0.29) is 35.6 Å². The van der Waals surface area contributed by atoms with Gasteiger partial charge in [0.15, 0.2) is 0 Å². The third kappa shape index (κ3) is 3.99. The molecular weight excluding hydrogens is 499 g/mol. The van der Waals surface area contributed by atoms with Crippen molar-refractivity contribution in [3.8, 4) is 6.07 Å². The average molecular weight is 527 g/mol. The molecule has 0 spiro atoms. The Hall–Kier alpha value is -3.93. The van der Waals surface area contributed by atoms with Crippen LogP contribution < -0.4 is 10.4 Å². The number of halogens is 1. The van der Waals surface area contributed by atoms with E-state index in [0.29, 0.717) is 5.39 Å². The third-order valence-corrected chi connectivity index (χ3v) is 9.70. The number of nitrogens with one attached hydrogen (secondary N) is 1. The topological polar surface area (TPSA) is 76.4 Å². The number of fused-ring (bicyclic) bond motifs is 2.